The Kier molecular flexibility index (Phi) is 2.38. The van der Waals surface area contributed by atoms with Crippen LogP contribution in [0.4, 0.5) is 0 Å². The summed E-state index contributed by atoms with van der Waals surface area (Å²) in [4.78, 5) is 0. The van der Waals surface area contributed by atoms with Crippen LogP contribution >= 0.6 is 0 Å². The van der Waals surface area contributed by atoms with Crippen molar-refractivity contribution in [3.05, 3.63) is 11.9 Å². The Hall–Kier alpha value is -0.990. The lowest BCUT2D eigenvalue weighted by Gasteiger charge is -2.20. The van der Waals surface area contributed by atoms with Crippen molar-refractivity contribution in [1.29, 1.82) is 0 Å². The van der Waals surface area contributed by atoms with Crippen LogP contribution in [0, 0.1) is 0 Å². The van der Waals surface area contributed by atoms with Gasteiger partial charge in [-0.05, 0) is 20.8 Å². The van der Waals surface area contributed by atoms with Gasteiger partial charge in [0.2, 0.25) is 0 Å². The fraction of sp³-hybridized carbons (Fsp3) is 0.727. The minimum absolute atomic E-state index is 0.0824. The van der Waals surface area contributed by atoms with Crippen molar-refractivity contribution in [1.82, 2.24) is 9.78 Å². The molecule has 80 valence electrons. The van der Waals surface area contributed by atoms with Gasteiger partial charge in [0, 0.05) is 5.41 Å². The first kappa shape index (κ1) is 11.1. The highest BCUT2D eigenvalue weighted by Gasteiger charge is 2.25. The van der Waals surface area contributed by atoms with Gasteiger partial charge in [0.25, 0.3) is 0 Å². The summed E-state index contributed by atoms with van der Waals surface area (Å²) < 4.78 is 1.81. The van der Waals surface area contributed by atoms with E-state index in [0.717, 1.165) is 5.69 Å². The van der Waals surface area contributed by atoms with Crippen LogP contribution in [0.25, 0.3) is 0 Å². The molecule has 0 saturated carbocycles. The highest BCUT2D eigenvalue weighted by Crippen LogP contribution is 2.30. The van der Waals surface area contributed by atoms with Crippen molar-refractivity contribution < 1.29 is 5.11 Å². The molecule has 0 aromatic carbocycles. The van der Waals surface area contributed by atoms with E-state index in [4.69, 9.17) is 0 Å². The predicted molar refractivity (Wildman–Crippen MR) is 57.6 cm³/mol. The van der Waals surface area contributed by atoms with Gasteiger partial charge in [-0.3, -0.25) is 4.68 Å². The molecule has 3 nitrogen and oxygen atoms in total. The van der Waals surface area contributed by atoms with Crippen LogP contribution in [0.1, 0.15) is 47.2 Å². The monoisotopic (exact) mass is 196 g/mol. The van der Waals surface area contributed by atoms with Crippen molar-refractivity contribution >= 4 is 0 Å². The molecule has 1 N–H and O–H groups in total. The van der Waals surface area contributed by atoms with Crippen LogP contribution < -0.4 is 0 Å². The van der Waals surface area contributed by atoms with E-state index in [2.05, 4.69) is 25.9 Å². The molecular formula is C11H20N2O. The lowest BCUT2D eigenvalue weighted by Crippen LogP contribution is -2.23. The van der Waals surface area contributed by atoms with Gasteiger partial charge in [-0.25, -0.2) is 0 Å². The number of nitrogens with zero attached hydrogens (tertiary/aromatic N) is 2. The molecule has 0 aliphatic rings. The van der Waals surface area contributed by atoms with Crippen molar-refractivity contribution in [2.24, 2.45) is 0 Å². The molecule has 0 spiro atoms. The summed E-state index contributed by atoms with van der Waals surface area (Å²) in [7, 11) is 0. The van der Waals surface area contributed by atoms with Crippen LogP contribution in [0.2, 0.25) is 0 Å². The summed E-state index contributed by atoms with van der Waals surface area (Å²) in [5.41, 5.74) is 0.564. The SMILES string of the molecule is CC(C)(C)c1nn(C(C)(C)C)cc1O. The molecule has 0 unspecified atom stereocenters. The number of hydrogen-bond donors (Lipinski definition) is 1. The smallest absolute Gasteiger partial charge is 0.157 e. The van der Waals surface area contributed by atoms with Crippen molar-refractivity contribution in [3.63, 3.8) is 0 Å². The molecule has 0 atom stereocenters. The highest BCUT2D eigenvalue weighted by atomic mass is 16.3. The fourth-order valence-electron chi connectivity index (χ4n) is 1.24. The minimum Gasteiger partial charge on any atom is -0.504 e. The number of rotatable bonds is 0. The van der Waals surface area contributed by atoms with E-state index in [9.17, 15) is 5.11 Å². The number of aromatic hydroxyl groups is 1. The molecule has 0 saturated heterocycles. The van der Waals surface area contributed by atoms with Crippen LogP contribution in [0.3, 0.4) is 0 Å². The molecule has 14 heavy (non-hydrogen) atoms. The Morgan fingerprint density at radius 3 is 1.86 bits per heavy atom. The summed E-state index contributed by atoms with van der Waals surface area (Å²) in [6, 6.07) is 0. The van der Waals surface area contributed by atoms with E-state index >= 15 is 0 Å². The molecule has 1 rings (SSSR count). The Bertz CT molecular complexity index is 326. The van der Waals surface area contributed by atoms with E-state index < -0.39 is 0 Å². The van der Waals surface area contributed by atoms with Crippen molar-refractivity contribution in [2.75, 3.05) is 0 Å². The van der Waals surface area contributed by atoms with Crippen molar-refractivity contribution in [2.45, 2.75) is 52.5 Å². The van der Waals surface area contributed by atoms with Gasteiger partial charge in [-0.15, -0.1) is 0 Å². The lowest BCUT2D eigenvalue weighted by atomic mass is 9.92. The van der Waals surface area contributed by atoms with Crippen molar-refractivity contribution in [3.8, 4) is 5.75 Å². The first-order valence-electron chi connectivity index (χ1n) is 4.92. The van der Waals surface area contributed by atoms with Gasteiger partial charge in [0.15, 0.2) is 5.75 Å². The van der Waals surface area contributed by atoms with Crippen LogP contribution in [-0.2, 0) is 11.0 Å². The molecule has 0 bridgehead atoms. The molecule has 0 fully saturated rings. The molecule has 3 heteroatoms. The molecule has 0 amide bonds. The van der Waals surface area contributed by atoms with E-state index in [-0.39, 0.29) is 16.7 Å². The minimum atomic E-state index is -0.111. The van der Waals surface area contributed by atoms with Crippen LogP contribution in [-0.4, -0.2) is 14.9 Å². The quantitative estimate of drug-likeness (QED) is 0.692. The molecule has 0 aliphatic heterocycles. The molecule has 0 radical (unpaired) electrons. The summed E-state index contributed by atoms with van der Waals surface area (Å²) in [6.45, 7) is 12.3. The lowest BCUT2D eigenvalue weighted by molar-refractivity contribution is 0.348. The van der Waals surface area contributed by atoms with E-state index in [1.807, 2.05) is 25.5 Å². The maximum atomic E-state index is 9.75. The standard InChI is InChI=1S/C11H20N2O/c1-10(2,3)9-8(14)7-13(12-9)11(4,5)6/h7,14H,1-6H3. The topological polar surface area (TPSA) is 38.0 Å². The normalized spacial score (nSPS) is 13.3. The Balaban J connectivity index is 3.19. The average molecular weight is 196 g/mol. The summed E-state index contributed by atoms with van der Waals surface area (Å²) in [5.74, 6) is 0.285. The van der Waals surface area contributed by atoms with Gasteiger partial charge in [-0.2, -0.15) is 5.10 Å². The van der Waals surface area contributed by atoms with Crippen LogP contribution in [0.15, 0.2) is 6.20 Å². The second-order valence-corrected chi connectivity index (χ2v) is 5.73. The number of aromatic nitrogens is 2. The van der Waals surface area contributed by atoms with Gasteiger partial charge < -0.3 is 5.11 Å². The van der Waals surface area contributed by atoms with Crippen LogP contribution in [0.5, 0.6) is 5.75 Å². The Morgan fingerprint density at radius 1 is 1.14 bits per heavy atom. The molecule has 0 aliphatic carbocycles. The zero-order valence-corrected chi connectivity index (χ0v) is 9.92. The van der Waals surface area contributed by atoms with E-state index in [0.29, 0.717) is 0 Å². The molecule has 1 aromatic rings. The summed E-state index contributed by atoms with van der Waals surface area (Å²) in [6.07, 6.45) is 1.70. The zero-order valence-electron chi connectivity index (χ0n) is 9.92. The summed E-state index contributed by atoms with van der Waals surface area (Å²) in [5, 5.41) is 14.2. The second-order valence-electron chi connectivity index (χ2n) is 5.73. The number of hydrogen-bond acceptors (Lipinski definition) is 2. The van der Waals surface area contributed by atoms with Gasteiger partial charge >= 0.3 is 0 Å². The van der Waals surface area contributed by atoms with E-state index in [1.54, 1.807) is 6.20 Å². The molecule has 1 heterocycles. The third-order valence-corrected chi connectivity index (χ3v) is 2.09. The van der Waals surface area contributed by atoms with Gasteiger partial charge in [0.05, 0.1) is 11.7 Å². The highest BCUT2D eigenvalue weighted by molar-refractivity contribution is 5.29. The largest absolute Gasteiger partial charge is 0.504 e. The third kappa shape index (κ3) is 2.08. The maximum Gasteiger partial charge on any atom is 0.157 e. The third-order valence-electron chi connectivity index (χ3n) is 2.09. The average Bonchev–Trinajstić information content (AvgIpc) is 2.27. The summed E-state index contributed by atoms with van der Waals surface area (Å²) >= 11 is 0. The molecule has 1 aromatic heterocycles. The second kappa shape index (κ2) is 3.01. The fourth-order valence-corrected chi connectivity index (χ4v) is 1.24. The Morgan fingerprint density at radius 2 is 1.64 bits per heavy atom. The van der Waals surface area contributed by atoms with E-state index in [1.165, 1.54) is 0 Å². The van der Waals surface area contributed by atoms with Gasteiger partial charge in [0.1, 0.15) is 5.69 Å². The zero-order chi connectivity index (χ0) is 11.1. The molecular weight excluding hydrogens is 176 g/mol. The van der Waals surface area contributed by atoms with Gasteiger partial charge in [-0.1, -0.05) is 20.8 Å². The maximum absolute atomic E-state index is 9.75. The predicted octanol–water partition coefficient (Wildman–Crippen LogP) is 2.64. The first-order valence-corrected chi connectivity index (χ1v) is 4.92. The first-order chi connectivity index (χ1) is 6.12. The Labute approximate surface area is 85.8 Å².